The van der Waals surface area contributed by atoms with Gasteiger partial charge in [0.2, 0.25) is 5.91 Å². The molecule has 0 radical (unpaired) electrons. The number of aryl methyl sites for hydroxylation is 1. The average molecular weight is 300 g/mol. The Morgan fingerprint density at radius 3 is 3.00 bits per heavy atom. The second kappa shape index (κ2) is 4.87. The van der Waals surface area contributed by atoms with Crippen molar-refractivity contribution in [1.29, 1.82) is 0 Å². The monoisotopic (exact) mass is 300 g/mol. The molecule has 1 amide bonds. The minimum atomic E-state index is 0.0120. The molecule has 0 aliphatic carbocycles. The van der Waals surface area contributed by atoms with Gasteiger partial charge in [0.25, 0.3) is 0 Å². The minimum Gasteiger partial charge on any atom is -0.332 e. The van der Waals surface area contributed by atoms with Gasteiger partial charge in [-0.3, -0.25) is 4.79 Å². The molecule has 0 spiro atoms. The fraction of sp³-hybridized carbons (Fsp3) is 0.400. The van der Waals surface area contributed by atoms with Crippen LogP contribution < -0.4 is 0 Å². The number of amides is 1. The van der Waals surface area contributed by atoms with Crippen LogP contribution in [-0.4, -0.2) is 37.4 Å². The van der Waals surface area contributed by atoms with Crippen molar-refractivity contribution >= 4 is 17.7 Å². The van der Waals surface area contributed by atoms with Crippen molar-refractivity contribution in [2.24, 2.45) is 0 Å². The Hall–Kier alpha value is -1.82. The van der Waals surface area contributed by atoms with Crippen LogP contribution in [0.25, 0.3) is 0 Å². The summed E-state index contributed by atoms with van der Waals surface area (Å²) >= 11 is 1.69. The van der Waals surface area contributed by atoms with Crippen molar-refractivity contribution in [3.05, 3.63) is 41.5 Å². The zero-order valence-corrected chi connectivity index (χ0v) is 12.6. The van der Waals surface area contributed by atoms with Crippen LogP contribution in [0, 0.1) is 6.92 Å². The summed E-state index contributed by atoms with van der Waals surface area (Å²) in [7, 11) is 0. The number of benzene rings is 1. The number of hydrogen-bond donors (Lipinski definition) is 0. The maximum Gasteiger partial charge on any atom is 0.236 e. The lowest BCUT2D eigenvalue weighted by Crippen LogP contribution is -2.42. The fourth-order valence-electron chi connectivity index (χ4n) is 3.01. The normalized spacial score (nSPS) is 20.2. The average Bonchev–Trinajstić information content (AvgIpc) is 3.10. The Morgan fingerprint density at radius 2 is 2.14 bits per heavy atom. The van der Waals surface area contributed by atoms with Gasteiger partial charge in [0, 0.05) is 18.0 Å². The van der Waals surface area contributed by atoms with Gasteiger partial charge in [-0.1, -0.05) is 18.2 Å². The third-order valence-electron chi connectivity index (χ3n) is 4.17. The molecule has 2 aromatic rings. The molecule has 2 aliphatic rings. The Labute approximate surface area is 127 Å². The van der Waals surface area contributed by atoms with E-state index in [-0.39, 0.29) is 11.2 Å². The topological polar surface area (TPSA) is 51.0 Å². The summed E-state index contributed by atoms with van der Waals surface area (Å²) in [6.07, 6.45) is 0.835. The largest absolute Gasteiger partial charge is 0.332 e. The second-order valence-corrected chi connectivity index (χ2v) is 6.74. The predicted molar refractivity (Wildman–Crippen MR) is 80.0 cm³/mol. The highest BCUT2D eigenvalue weighted by molar-refractivity contribution is 8.01. The van der Waals surface area contributed by atoms with Crippen LogP contribution in [0.15, 0.2) is 29.2 Å². The smallest absolute Gasteiger partial charge is 0.236 e. The molecule has 4 rings (SSSR count). The molecule has 0 fully saturated rings. The summed E-state index contributed by atoms with van der Waals surface area (Å²) in [4.78, 5) is 15.9. The first-order valence-electron chi connectivity index (χ1n) is 7.14. The van der Waals surface area contributed by atoms with Crippen LogP contribution in [0.2, 0.25) is 0 Å². The van der Waals surface area contributed by atoms with Gasteiger partial charge >= 0.3 is 0 Å². The summed E-state index contributed by atoms with van der Waals surface area (Å²) in [6, 6.07) is 8.29. The van der Waals surface area contributed by atoms with E-state index in [1.807, 2.05) is 24.0 Å². The highest BCUT2D eigenvalue weighted by atomic mass is 32.2. The van der Waals surface area contributed by atoms with E-state index in [0.29, 0.717) is 6.54 Å². The molecule has 0 unspecified atom stereocenters. The zero-order chi connectivity index (χ0) is 14.4. The van der Waals surface area contributed by atoms with Crippen molar-refractivity contribution in [2.75, 3.05) is 6.54 Å². The van der Waals surface area contributed by atoms with E-state index in [1.165, 1.54) is 10.5 Å². The Morgan fingerprint density at radius 1 is 1.29 bits per heavy atom. The van der Waals surface area contributed by atoms with E-state index in [2.05, 4.69) is 26.9 Å². The van der Waals surface area contributed by atoms with Crippen molar-refractivity contribution in [1.82, 2.24) is 19.7 Å². The zero-order valence-electron chi connectivity index (χ0n) is 11.8. The Balaban J connectivity index is 1.50. The first-order chi connectivity index (χ1) is 10.2. The number of carbonyl (C=O) groups excluding carboxylic acids is 1. The molecule has 21 heavy (non-hydrogen) atoms. The van der Waals surface area contributed by atoms with Crippen LogP contribution in [-0.2, 0) is 24.3 Å². The maximum atomic E-state index is 12.7. The lowest BCUT2D eigenvalue weighted by atomic mass is 10.1. The van der Waals surface area contributed by atoms with Gasteiger partial charge in [0.1, 0.15) is 5.82 Å². The molecule has 0 bridgehead atoms. The third-order valence-corrected chi connectivity index (χ3v) is 5.48. The standard InChI is InChI=1S/C15H16N4OS/c1-10-16-17-14-9-18(6-7-19(10)14)15(20)13-8-11-4-2-3-5-12(11)21-13/h2-5,13H,6-9H2,1H3/t13-/m1/s1. The van der Waals surface area contributed by atoms with Crippen LogP contribution in [0.5, 0.6) is 0 Å². The van der Waals surface area contributed by atoms with Crippen LogP contribution >= 0.6 is 11.8 Å². The Bertz CT molecular complexity index is 686. The van der Waals surface area contributed by atoms with Gasteiger partial charge in [-0.15, -0.1) is 22.0 Å². The second-order valence-electron chi connectivity index (χ2n) is 5.49. The molecule has 5 nitrogen and oxygen atoms in total. The van der Waals surface area contributed by atoms with Gasteiger partial charge in [0.05, 0.1) is 11.8 Å². The van der Waals surface area contributed by atoms with Crippen LogP contribution in [0.1, 0.15) is 17.2 Å². The van der Waals surface area contributed by atoms with Crippen molar-refractivity contribution in [2.45, 2.75) is 36.6 Å². The van der Waals surface area contributed by atoms with E-state index in [4.69, 9.17) is 0 Å². The number of hydrogen-bond acceptors (Lipinski definition) is 4. The van der Waals surface area contributed by atoms with Gasteiger partial charge in [0.15, 0.2) is 5.82 Å². The molecule has 108 valence electrons. The molecule has 6 heteroatoms. The molecule has 1 aromatic carbocycles. The summed E-state index contributed by atoms with van der Waals surface area (Å²) < 4.78 is 2.10. The summed E-state index contributed by atoms with van der Waals surface area (Å²) in [5.41, 5.74) is 1.29. The predicted octanol–water partition coefficient (Wildman–Crippen LogP) is 1.65. The van der Waals surface area contributed by atoms with E-state index >= 15 is 0 Å². The van der Waals surface area contributed by atoms with Gasteiger partial charge in [-0.2, -0.15) is 0 Å². The Kier molecular flexibility index (Phi) is 2.99. The summed E-state index contributed by atoms with van der Waals surface area (Å²) in [5.74, 6) is 2.05. The number of fused-ring (bicyclic) bond motifs is 2. The number of aromatic nitrogens is 3. The lowest BCUT2D eigenvalue weighted by molar-refractivity contribution is -0.132. The van der Waals surface area contributed by atoms with Crippen LogP contribution in [0.4, 0.5) is 0 Å². The molecular formula is C15H16N4OS. The molecular weight excluding hydrogens is 284 g/mol. The number of thioether (sulfide) groups is 1. The minimum absolute atomic E-state index is 0.0120. The van der Waals surface area contributed by atoms with Crippen molar-refractivity contribution < 1.29 is 4.79 Å². The highest BCUT2D eigenvalue weighted by Crippen LogP contribution is 2.37. The van der Waals surface area contributed by atoms with E-state index in [9.17, 15) is 4.79 Å². The molecule has 2 aliphatic heterocycles. The third kappa shape index (κ3) is 2.14. The van der Waals surface area contributed by atoms with Crippen molar-refractivity contribution in [3.63, 3.8) is 0 Å². The van der Waals surface area contributed by atoms with E-state index < -0.39 is 0 Å². The molecule has 0 saturated carbocycles. The summed E-state index contributed by atoms with van der Waals surface area (Å²) in [5, 5.41) is 8.27. The lowest BCUT2D eigenvalue weighted by Gasteiger charge is -2.29. The molecule has 0 saturated heterocycles. The molecule has 0 N–H and O–H groups in total. The van der Waals surface area contributed by atoms with E-state index in [1.54, 1.807) is 11.8 Å². The number of rotatable bonds is 1. The number of nitrogens with zero attached hydrogens (tertiary/aromatic N) is 4. The van der Waals surface area contributed by atoms with Gasteiger partial charge < -0.3 is 9.47 Å². The van der Waals surface area contributed by atoms with Gasteiger partial charge in [-0.05, 0) is 25.0 Å². The molecule has 1 atom stereocenters. The first kappa shape index (κ1) is 12.9. The highest BCUT2D eigenvalue weighted by Gasteiger charge is 2.33. The quantitative estimate of drug-likeness (QED) is 0.803. The van der Waals surface area contributed by atoms with Gasteiger partial charge in [-0.25, -0.2) is 0 Å². The molecule has 1 aromatic heterocycles. The first-order valence-corrected chi connectivity index (χ1v) is 8.02. The molecule has 3 heterocycles. The fourth-order valence-corrected chi connectivity index (χ4v) is 4.29. The van der Waals surface area contributed by atoms with E-state index in [0.717, 1.165) is 31.2 Å². The van der Waals surface area contributed by atoms with Crippen LogP contribution in [0.3, 0.4) is 0 Å². The SMILES string of the molecule is Cc1nnc2n1CCN(C(=O)[C@H]1Cc3ccccc3S1)C2. The maximum absolute atomic E-state index is 12.7. The van der Waals surface area contributed by atoms with Crippen molar-refractivity contribution in [3.8, 4) is 0 Å². The summed E-state index contributed by atoms with van der Waals surface area (Å²) in [6.45, 7) is 4.08. The number of carbonyl (C=O) groups is 1.